The van der Waals surface area contributed by atoms with Gasteiger partial charge in [0.05, 0.1) is 28.4 Å². The van der Waals surface area contributed by atoms with Gasteiger partial charge >= 0.3 is 5.97 Å². The smallest absolute Gasteiger partial charge is 0.328 e. The number of carbonyl (C=O) groups is 2. The van der Waals surface area contributed by atoms with Crippen molar-refractivity contribution in [1.82, 2.24) is 9.78 Å². The minimum Gasteiger partial charge on any atom is -0.480 e. The van der Waals surface area contributed by atoms with E-state index >= 15 is 0 Å². The van der Waals surface area contributed by atoms with Crippen molar-refractivity contribution < 1.29 is 24.4 Å². The Morgan fingerprint density at radius 3 is 2.53 bits per heavy atom. The Balaban J connectivity index is 1.83. The predicted molar refractivity (Wildman–Crippen MR) is 107 cm³/mol. The summed E-state index contributed by atoms with van der Waals surface area (Å²) in [5, 5.41) is 26.7. The van der Waals surface area contributed by atoms with Crippen molar-refractivity contribution in [2.45, 2.75) is 19.9 Å². The van der Waals surface area contributed by atoms with E-state index in [0.717, 1.165) is 10.2 Å². The third-order valence-electron chi connectivity index (χ3n) is 4.23. The summed E-state index contributed by atoms with van der Waals surface area (Å²) in [7, 11) is 0. The summed E-state index contributed by atoms with van der Waals surface area (Å²) in [5.74, 6) is -1.02. The molecule has 3 aromatic rings. The van der Waals surface area contributed by atoms with Gasteiger partial charge in [-0.2, -0.15) is 5.10 Å². The van der Waals surface area contributed by atoms with Gasteiger partial charge in [0.25, 0.3) is 11.6 Å². The number of rotatable bonds is 7. The SMILES string of the molecule is Cc1ccc(Oc2cc(NC(=O)c3cnn(C(C)C(=O)O)c3)cc([N+](=O)[O-])c2)cc1. The Morgan fingerprint density at radius 2 is 1.90 bits per heavy atom. The lowest BCUT2D eigenvalue weighted by Crippen LogP contribution is -2.16. The van der Waals surface area contributed by atoms with Crippen LogP contribution in [0, 0.1) is 17.0 Å². The summed E-state index contributed by atoms with van der Waals surface area (Å²) in [4.78, 5) is 34.2. The Morgan fingerprint density at radius 1 is 1.20 bits per heavy atom. The minimum atomic E-state index is -1.10. The number of carboxylic acid groups (broad SMARTS) is 1. The molecule has 0 fully saturated rings. The Hall–Kier alpha value is -4.21. The second-order valence-corrected chi connectivity index (χ2v) is 6.57. The average Bonchev–Trinajstić information content (AvgIpc) is 3.19. The number of nitrogens with zero attached hydrogens (tertiary/aromatic N) is 3. The molecule has 1 aromatic heterocycles. The van der Waals surface area contributed by atoms with E-state index < -0.39 is 22.8 Å². The fourth-order valence-corrected chi connectivity index (χ4v) is 2.55. The summed E-state index contributed by atoms with van der Waals surface area (Å²) in [6.45, 7) is 3.34. The summed E-state index contributed by atoms with van der Waals surface area (Å²) in [5.41, 5.74) is 1.03. The molecule has 1 unspecified atom stereocenters. The maximum Gasteiger partial charge on any atom is 0.328 e. The molecule has 1 atom stereocenters. The molecule has 0 aliphatic carbocycles. The van der Waals surface area contributed by atoms with E-state index in [9.17, 15) is 19.7 Å². The zero-order valence-electron chi connectivity index (χ0n) is 16.1. The summed E-state index contributed by atoms with van der Waals surface area (Å²) in [6, 6.07) is 10.1. The van der Waals surface area contributed by atoms with E-state index in [0.29, 0.717) is 5.75 Å². The second-order valence-electron chi connectivity index (χ2n) is 6.57. The fraction of sp³-hybridized carbons (Fsp3) is 0.150. The zero-order valence-corrected chi connectivity index (χ0v) is 16.1. The average molecular weight is 410 g/mol. The molecular weight excluding hydrogens is 392 g/mol. The van der Waals surface area contributed by atoms with Gasteiger partial charge in [0.15, 0.2) is 0 Å². The van der Waals surface area contributed by atoms with Gasteiger partial charge < -0.3 is 15.2 Å². The van der Waals surface area contributed by atoms with Gasteiger partial charge in [-0.15, -0.1) is 0 Å². The number of aryl methyl sites for hydroxylation is 1. The molecular formula is C20H18N4O6. The Bertz CT molecular complexity index is 1110. The minimum absolute atomic E-state index is 0.107. The fourth-order valence-electron chi connectivity index (χ4n) is 2.55. The number of nitro groups is 1. The Labute approximate surface area is 170 Å². The predicted octanol–water partition coefficient (Wildman–Crippen LogP) is 3.79. The van der Waals surface area contributed by atoms with E-state index in [-0.39, 0.29) is 22.7 Å². The van der Waals surface area contributed by atoms with E-state index in [4.69, 9.17) is 9.84 Å². The third kappa shape index (κ3) is 4.79. The summed E-state index contributed by atoms with van der Waals surface area (Å²) in [6.07, 6.45) is 2.50. The molecule has 0 radical (unpaired) electrons. The van der Waals surface area contributed by atoms with Gasteiger partial charge in [-0.1, -0.05) is 17.7 Å². The van der Waals surface area contributed by atoms with Crippen LogP contribution >= 0.6 is 0 Å². The molecule has 10 nitrogen and oxygen atoms in total. The van der Waals surface area contributed by atoms with E-state index in [2.05, 4.69) is 10.4 Å². The largest absolute Gasteiger partial charge is 0.480 e. The summed E-state index contributed by atoms with van der Waals surface area (Å²) >= 11 is 0. The summed E-state index contributed by atoms with van der Waals surface area (Å²) < 4.78 is 6.81. The highest BCUT2D eigenvalue weighted by Gasteiger charge is 2.18. The monoisotopic (exact) mass is 410 g/mol. The molecule has 0 saturated heterocycles. The van der Waals surface area contributed by atoms with Crippen molar-refractivity contribution >= 4 is 23.3 Å². The number of amides is 1. The van der Waals surface area contributed by atoms with Crippen LogP contribution < -0.4 is 10.1 Å². The number of aromatic nitrogens is 2. The molecule has 0 bridgehead atoms. The normalized spacial score (nSPS) is 11.5. The second kappa shape index (κ2) is 8.43. The first kappa shape index (κ1) is 20.5. The van der Waals surface area contributed by atoms with Gasteiger partial charge in [-0.25, -0.2) is 4.79 Å². The van der Waals surface area contributed by atoms with Crippen molar-refractivity contribution in [3.63, 3.8) is 0 Å². The number of hydrogen-bond donors (Lipinski definition) is 2. The molecule has 3 rings (SSSR count). The highest BCUT2D eigenvalue weighted by atomic mass is 16.6. The van der Waals surface area contributed by atoms with Gasteiger partial charge in [-0.3, -0.25) is 19.6 Å². The van der Waals surface area contributed by atoms with Gasteiger partial charge in [0.2, 0.25) is 0 Å². The highest BCUT2D eigenvalue weighted by Crippen LogP contribution is 2.30. The molecule has 2 N–H and O–H groups in total. The van der Waals surface area contributed by atoms with E-state index in [1.54, 1.807) is 12.1 Å². The number of nitrogens with one attached hydrogen (secondary N) is 1. The highest BCUT2D eigenvalue weighted by molar-refractivity contribution is 6.04. The molecule has 0 aliphatic rings. The van der Waals surface area contributed by atoms with E-state index in [1.807, 2.05) is 19.1 Å². The first-order valence-electron chi connectivity index (χ1n) is 8.85. The zero-order chi connectivity index (χ0) is 21.8. The number of hydrogen-bond acceptors (Lipinski definition) is 6. The third-order valence-corrected chi connectivity index (χ3v) is 4.23. The lowest BCUT2D eigenvalue weighted by atomic mass is 10.2. The Kier molecular flexibility index (Phi) is 5.77. The standard InChI is InChI=1S/C20H18N4O6/c1-12-3-5-17(6-4-12)30-18-8-15(7-16(9-18)24(28)29)22-19(25)14-10-21-23(11-14)13(2)20(26)27/h3-11,13H,1-2H3,(H,22,25)(H,26,27). The number of nitro benzene ring substituents is 1. The van der Waals surface area contributed by atoms with Crippen LogP contribution in [0.5, 0.6) is 11.5 Å². The van der Waals surface area contributed by atoms with Crippen LogP contribution in [-0.2, 0) is 4.79 Å². The van der Waals surface area contributed by atoms with Crippen LogP contribution in [0.25, 0.3) is 0 Å². The lowest BCUT2D eigenvalue weighted by Gasteiger charge is -2.09. The maximum atomic E-state index is 12.5. The molecule has 0 saturated carbocycles. The number of anilines is 1. The number of ether oxygens (including phenoxy) is 1. The molecule has 1 amide bonds. The molecule has 30 heavy (non-hydrogen) atoms. The van der Waals surface area contributed by atoms with Crippen molar-refractivity contribution in [2.24, 2.45) is 0 Å². The maximum absolute atomic E-state index is 12.5. The lowest BCUT2D eigenvalue weighted by molar-refractivity contribution is -0.384. The molecule has 10 heteroatoms. The van der Waals surface area contributed by atoms with Crippen molar-refractivity contribution in [3.8, 4) is 11.5 Å². The van der Waals surface area contributed by atoms with Crippen LogP contribution in [0.4, 0.5) is 11.4 Å². The topological polar surface area (TPSA) is 137 Å². The van der Waals surface area contributed by atoms with Crippen molar-refractivity contribution in [1.29, 1.82) is 0 Å². The van der Waals surface area contributed by atoms with Crippen LogP contribution in [0.3, 0.4) is 0 Å². The van der Waals surface area contributed by atoms with Crippen LogP contribution in [0.2, 0.25) is 0 Å². The van der Waals surface area contributed by atoms with Crippen LogP contribution in [-0.4, -0.2) is 31.7 Å². The number of aliphatic carboxylic acids is 1. The molecule has 2 aromatic carbocycles. The molecule has 154 valence electrons. The number of benzene rings is 2. The van der Waals surface area contributed by atoms with Crippen molar-refractivity contribution in [3.05, 3.63) is 76.1 Å². The van der Waals surface area contributed by atoms with Crippen LogP contribution in [0.1, 0.15) is 28.9 Å². The number of carbonyl (C=O) groups excluding carboxylic acids is 1. The first-order chi connectivity index (χ1) is 14.2. The van der Waals surface area contributed by atoms with Gasteiger partial charge in [0.1, 0.15) is 17.5 Å². The van der Waals surface area contributed by atoms with Crippen molar-refractivity contribution in [2.75, 3.05) is 5.32 Å². The van der Waals surface area contributed by atoms with E-state index in [1.165, 1.54) is 37.5 Å². The number of carboxylic acids is 1. The first-order valence-corrected chi connectivity index (χ1v) is 8.85. The number of non-ortho nitro benzene ring substituents is 1. The molecule has 1 heterocycles. The van der Waals surface area contributed by atoms with Crippen LogP contribution in [0.15, 0.2) is 54.9 Å². The molecule has 0 aliphatic heterocycles. The van der Waals surface area contributed by atoms with Gasteiger partial charge in [0, 0.05) is 18.3 Å². The quantitative estimate of drug-likeness (QED) is 0.446. The van der Waals surface area contributed by atoms with Gasteiger partial charge in [-0.05, 0) is 26.0 Å². The molecule has 0 spiro atoms.